The summed E-state index contributed by atoms with van der Waals surface area (Å²) in [4.78, 5) is 16.3. The first-order valence-corrected chi connectivity index (χ1v) is 4.69. The van der Waals surface area contributed by atoms with Crippen molar-refractivity contribution in [2.75, 3.05) is 6.54 Å². The third-order valence-corrected chi connectivity index (χ3v) is 2.45. The second-order valence-electron chi connectivity index (χ2n) is 3.11. The third kappa shape index (κ3) is 1.54. The minimum Gasteiger partial charge on any atom is -0.330 e. The molecule has 0 aliphatic rings. The van der Waals surface area contributed by atoms with Crippen LogP contribution in [0, 0.1) is 0 Å². The summed E-state index contributed by atoms with van der Waals surface area (Å²) in [6, 6.07) is 3.59. The number of rotatable bonds is 2. The largest absolute Gasteiger partial charge is 0.330 e. The number of H-pyrrole nitrogens is 2. The van der Waals surface area contributed by atoms with Crippen LogP contribution in [-0.2, 0) is 6.42 Å². The van der Waals surface area contributed by atoms with Crippen molar-refractivity contribution in [1.29, 1.82) is 0 Å². The van der Waals surface area contributed by atoms with E-state index in [2.05, 4.69) is 9.97 Å². The maximum atomic E-state index is 11.0. The summed E-state index contributed by atoms with van der Waals surface area (Å²) in [5.41, 5.74) is 7.66. The molecule has 2 rings (SSSR count). The molecule has 14 heavy (non-hydrogen) atoms. The molecule has 0 radical (unpaired) electrons. The van der Waals surface area contributed by atoms with Crippen molar-refractivity contribution in [1.82, 2.24) is 9.97 Å². The minimum atomic E-state index is -0.221. The Kier molecular flexibility index (Phi) is 2.31. The normalized spacial score (nSPS) is 11.0. The number of aromatic nitrogens is 2. The van der Waals surface area contributed by atoms with Gasteiger partial charge in [0.25, 0.3) is 0 Å². The number of benzene rings is 1. The van der Waals surface area contributed by atoms with Crippen molar-refractivity contribution in [2.24, 2.45) is 5.73 Å². The number of hydrogen-bond acceptors (Lipinski definition) is 2. The molecule has 0 bridgehead atoms. The quantitative estimate of drug-likeness (QED) is 0.694. The van der Waals surface area contributed by atoms with E-state index in [1.165, 1.54) is 0 Å². The van der Waals surface area contributed by atoms with E-state index >= 15 is 0 Å². The van der Waals surface area contributed by atoms with Crippen LogP contribution in [0.25, 0.3) is 11.0 Å². The van der Waals surface area contributed by atoms with Gasteiger partial charge in [0.05, 0.1) is 11.0 Å². The zero-order chi connectivity index (χ0) is 10.1. The van der Waals surface area contributed by atoms with Gasteiger partial charge < -0.3 is 15.7 Å². The maximum Gasteiger partial charge on any atom is 0.323 e. The Balaban J connectivity index is 2.63. The molecule has 4 nitrogen and oxygen atoms in total. The molecule has 74 valence electrons. The first-order chi connectivity index (χ1) is 6.70. The molecule has 0 fully saturated rings. The minimum absolute atomic E-state index is 0.221. The van der Waals surface area contributed by atoms with Crippen LogP contribution in [0.1, 0.15) is 5.56 Å². The summed E-state index contributed by atoms with van der Waals surface area (Å²) in [7, 11) is 0. The molecule has 5 heteroatoms. The molecular weight excluding hydrogens is 202 g/mol. The lowest BCUT2D eigenvalue weighted by Crippen LogP contribution is -2.03. The average molecular weight is 212 g/mol. The highest BCUT2D eigenvalue weighted by atomic mass is 35.5. The van der Waals surface area contributed by atoms with E-state index in [1.54, 1.807) is 6.07 Å². The molecule has 4 N–H and O–H groups in total. The van der Waals surface area contributed by atoms with Crippen molar-refractivity contribution in [3.8, 4) is 0 Å². The summed E-state index contributed by atoms with van der Waals surface area (Å²) in [5, 5.41) is 0.637. The molecule has 0 amide bonds. The first-order valence-electron chi connectivity index (χ1n) is 4.31. The summed E-state index contributed by atoms with van der Waals surface area (Å²) in [6.07, 6.45) is 0.710. The van der Waals surface area contributed by atoms with Gasteiger partial charge in [-0.2, -0.15) is 0 Å². The monoisotopic (exact) mass is 211 g/mol. The maximum absolute atomic E-state index is 11.0. The molecule has 1 aromatic heterocycles. The molecule has 0 aliphatic heterocycles. The molecule has 0 saturated carbocycles. The Morgan fingerprint density at radius 1 is 1.29 bits per heavy atom. The van der Waals surface area contributed by atoms with E-state index in [4.69, 9.17) is 17.3 Å². The first kappa shape index (κ1) is 9.30. The fourth-order valence-electron chi connectivity index (χ4n) is 1.45. The number of nitrogens with two attached hydrogens (primary N) is 1. The zero-order valence-electron chi connectivity index (χ0n) is 7.43. The predicted octanol–water partition coefficient (Wildman–Crippen LogP) is 1.01. The summed E-state index contributed by atoms with van der Waals surface area (Å²) < 4.78 is 0. The van der Waals surface area contributed by atoms with Gasteiger partial charge >= 0.3 is 5.69 Å². The molecular formula is C9H10ClN3O. The second-order valence-corrected chi connectivity index (χ2v) is 3.51. The predicted molar refractivity (Wildman–Crippen MR) is 56.7 cm³/mol. The topological polar surface area (TPSA) is 74.7 Å². The number of fused-ring (bicyclic) bond motifs is 1. The molecule has 1 heterocycles. The highest BCUT2D eigenvalue weighted by Gasteiger charge is 2.04. The highest BCUT2D eigenvalue weighted by Crippen LogP contribution is 2.21. The SMILES string of the molecule is NCCc1cc2[nH]c(=O)[nH]c2cc1Cl. The van der Waals surface area contributed by atoms with Gasteiger partial charge in [0.2, 0.25) is 0 Å². The lowest BCUT2D eigenvalue weighted by atomic mass is 10.1. The standard InChI is InChI=1S/C9H10ClN3O/c10-6-4-8-7(12-9(14)13-8)3-5(6)1-2-11/h3-4H,1-2,11H2,(H2,12,13,14). The van der Waals surface area contributed by atoms with Gasteiger partial charge in [-0.15, -0.1) is 0 Å². The summed E-state index contributed by atoms with van der Waals surface area (Å²) in [5.74, 6) is 0. The van der Waals surface area contributed by atoms with Gasteiger partial charge in [-0.3, -0.25) is 0 Å². The van der Waals surface area contributed by atoms with E-state index < -0.39 is 0 Å². The highest BCUT2D eigenvalue weighted by molar-refractivity contribution is 6.32. The molecule has 1 aromatic carbocycles. The smallest absolute Gasteiger partial charge is 0.323 e. The number of aromatic amines is 2. The van der Waals surface area contributed by atoms with Crippen molar-refractivity contribution in [3.63, 3.8) is 0 Å². The van der Waals surface area contributed by atoms with Gasteiger partial charge in [0, 0.05) is 5.02 Å². The van der Waals surface area contributed by atoms with Crippen LogP contribution in [-0.4, -0.2) is 16.5 Å². The van der Waals surface area contributed by atoms with Crippen LogP contribution >= 0.6 is 11.6 Å². The fourth-order valence-corrected chi connectivity index (χ4v) is 1.71. The van der Waals surface area contributed by atoms with E-state index in [0.29, 0.717) is 18.0 Å². The van der Waals surface area contributed by atoms with E-state index in [-0.39, 0.29) is 5.69 Å². The van der Waals surface area contributed by atoms with Crippen molar-refractivity contribution >= 4 is 22.6 Å². The molecule has 0 unspecified atom stereocenters. The van der Waals surface area contributed by atoms with Gasteiger partial charge in [0.1, 0.15) is 0 Å². The summed E-state index contributed by atoms with van der Waals surface area (Å²) >= 11 is 6.00. The van der Waals surface area contributed by atoms with Crippen molar-refractivity contribution in [2.45, 2.75) is 6.42 Å². The van der Waals surface area contributed by atoms with Crippen LogP contribution in [0.4, 0.5) is 0 Å². The average Bonchev–Trinajstić information content (AvgIpc) is 2.45. The molecule has 2 aromatic rings. The Morgan fingerprint density at radius 2 is 1.93 bits per heavy atom. The Bertz CT molecular complexity index is 514. The Labute approximate surface area is 85.1 Å². The van der Waals surface area contributed by atoms with Crippen LogP contribution in [0.15, 0.2) is 16.9 Å². The van der Waals surface area contributed by atoms with Crippen molar-refractivity contribution in [3.05, 3.63) is 33.2 Å². The van der Waals surface area contributed by atoms with Crippen molar-refractivity contribution < 1.29 is 0 Å². The Hall–Kier alpha value is -1.26. The number of imidazole rings is 1. The summed E-state index contributed by atoms with van der Waals surface area (Å²) in [6.45, 7) is 0.542. The van der Waals surface area contributed by atoms with Gasteiger partial charge in [-0.05, 0) is 30.7 Å². The van der Waals surface area contributed by atoms with Gasteiger partial charge in [-0.25, -0.2) is 4.79 Å². The number of nitrogens with one attached hydrogen (secondary N) is 2. The molecule has 0 atom stereocenters. The van der Waals surface area contributed by atoms with Crippen LogP contribution in [0.2, 0.25) is 5.02 Å². The zero-order valence-corrected chi connectivity index (χ0v) is 8.19. The lowest BCUT2D eigenvalue weighted by Gasteiger charge is -2.01. The molecule has 0 saturated heterocycles. The number of hydrogen-bond donors (Lipinski definition) is 3. The van der Waals surface area contributed by atoms with Crippen LogP contribution < -0.4 is 11.4 Å². The van der Waals surface area contributed by atoms with E-state index in [1.807, 2.05) is 6.07 Å². The fraction of sp³-hybridized carbons (Fsp3) is 0.222. The van der Waals surface area contributed by atoms with Crippen LogP contribution in [0.3, 0.4) is 0 Å². The third-order valence-electron chi connectivity index (χ3n) is 2.10. The lowest BCUT2D eigenvalue weighted by molar-refractivity contribution is 0.970. The van der Waals surface area contributed by atoms with Gasteiger partial charge in [-0.1, -0.05) is 11.6 Å². The molecule has 0 aliphatic carbocycles. The Morgan fingerprint density at radius 3 is 2.57 bits per heavy atom. The van der Waals surface area contributed by atoms with E-state index in [0.717, 1.165) is 16.6 Å². The second kappa shape index (κ2) is 3.48. The molecule has 0 spiro atoms. The van der Waals surface area contributed by atoms with E-state index in [9.17, 15) is 4.79 Å². The van der Waals surface area contributed by atoms with Gasteiger partial charge in [0.15, 0.2) is 0 Å². The van der Waals surface area contributed by atoms with Crippen LogP contribution in [0.5, 0.6) is 0 Å². The number of halogens is 1.